The summed E-state index contributed by atoms with van der Waals surface area (Å²) in [5.41, 5.74) is 3.27. The van der Waals surface area contributed by atoms with E-state index in [1.807, 2.05) is 18.2 Å². The molecule has 1 aliphatic carbocycles. The molecule has 0 aliphatic heterocycles. The van der Waals surface area contributed by atoms with Crippen LogP contribution in [0.4, 0.5) is 0 Å². The van der Waals surface area contributed by atoms with Gasteiger partial charge in [-0.3, -0.25) is 14.5 Å². The number of aryl methyl sites for hydroxylation is 1. The Bertz CT molecular complexity index is 894. The lowest BCUT2D eigenvalue weighted by Gasteiger charge is -2.14. The molecule has 0 atom stereocenters. The van der Waals surface area contributed by atoms with Crippen molar-refractivity contribution in [1.82, 2.24) is 25.2 Å². The number of nitrogens with one attached hydrogen (secondary N) is 1. The average molecular weight is 351 g/mol. The zero-order valence-electron chi connectivity index (χ0n) is 14.7. The maximum Gasteiger partial charge on any atom is 0.273 e. The van der Waals surface area contributed by atoms with Gasteiger partial charge >= 0.3 is 0 Å². The number of aromatic nitrogens is 4. The van der Waals surface area contributed by atoms with Crippen LogP contribution in [0.25, 0.3) is 11.3 Å². The minimum atomic E-state index is -0.261. The fourth-order valence-electron chi connectivity index (χ4n) is 3.43. The number of rotatable bonds is 5. The predicted molar refractivity (Wildman–Crippen MR) is 95.4 cm³/mol. The molecule has 3 aromatic rings. The second-order valence-corrected chi connectivity index (χ2v) is 6.65. The summed E-state index contributed by atoms with van der Waals surface area (Å²) in [5, 5.41) is 11.4. The third-order valence-electron chi connectivity index (χ3n) is 4.72. The Morgan fingerprint density at radius 3 is 2.73 bits per heavy atom. The molecule has 7 heteroatoms. The van der Waals surface area contributed by atoms with Gasteiger partial charge in [-0.25, -0.2) is 0 Å². The Morgan fingerprint density at radius 2 is 2.04 bits per heavy atom. The van der Waals surface area contributed by atoms with Gasteiger partial charge in [0.2, 0.25) is 0 Å². The number of amides is 1. The van der Waals surface area contributed by atoms with Gasteiger partial charge in [-0.2, -0.15) is 5.10 Å². The molecule has 1 saturated carbocycles. The van der Waals surface area contributed by atoms with E-state index < -0.39 is 0 Å². The topological polar surface area (TPSA) is 85.8 Å². The molecule has 0 aromatic carbocycles. The highest BCUT2D eigenvalue weighted by molar-refractivity contribution is 5.92. The highest BCUT2D eigenvalue weighted by atomic mass is 16.5. The van der Waals surface area contributed by atoms with E-state index in [9.17, 15) is 4.79 Å². The molecular weight excluding hydrogens is 330 g/mol. The van der Waals surface area contributed by atoms with Gasteiger partial charge in [0.1, 0.15) is 5.76 Å². The lowest BCUT2D eigenvalue weighted by Crippen LogP contribution is -2.23. The molecule has 134 valence electrons. The smallest absolute Gasteiger partial charge is 0.273 e. The van der Waals surface area contributed by atoms with E-state index in [2.05, 4.69) is 20.1 Å². The Balaban J connectivity index is 1.55. The van der Waals surface area contributed by atoms with E-state index in [0.29, 0.717) is 18.3 Å². The molecule has 3 aromatic heterocycles. The van der Waals surface area contributed by atoms with Crippen molar-refractivity contribution in [2.45, 2.75) is 45.2 Å². The van der Waals surface area contributed by atoms with Crippen LogP contribution < -0.4 is 5.32 Å². The van der Waals surface area contributed by atoms with Crippen LogP contribution in [-0.4, -0.2) is 25.8 Å². The van der Waals surface area contributed by atoms with Crippen LogP contribution in [0, 0.1) is 6.92 Å². The summed E-state index contributed by atoms with van der Waals surface area (Å²) in [6, 6.07) is 8.06. The van der Waals surface area contributed by atoms with E-state index in [1.165, 1.54) is 12.8 Å². The van der Waals surface area contributed by atoms with Gasteiger partial charge in [0.15, 0.2) is 5.69 Å². The van der Waals surface area contributed by atoms with E-state index in [-0.39, 0.29) is 11.6 Å². The summed E-state index contributed by atoms with van der Waals surface area (Å²) in [7, 11) is 0. The average Bonchev–Trinajstić information content (AvgIpc) is 3.40. The first-order valence-corrected chi connectivity index (χ1v) is 8.91. The van der Waals surface area contributed by atoms with Crippen molar-refractivity contribution in [3.63, 3.8) is 0 Å². The van der Waals surface area contributed by atoms with Gasteiger partial charge in [-0.15, -0.1) is 0 Å². The van der Waals surface area contributed by atoms with Gasteiger partial charge in [-0.1, -0.05) is 18.0 Å². The molecule has 7 nitrogen and oxygen atoms in total. The fourth-order valence-corrected chi connectivity index (χ4v) is 3.43. The lowest BCUT2D eigenvalue weighted by atomic mass is 10.1. The molecule has 4 rings (SSSR count). The van der Waals surface area contributed by atoms with Crippen LogP contribution in [0.5, 0.6) is 0 Å². The van der Waals surface area contributed by atoms with E-state index in [1.54, 1.807) is 25.4 Å². The van der Waals surface area contributed by atoms with Gasteiger partial charge in [0, 0.05) is 24.0 Å². The predicted octanol–water partition coefficient (Wildman–Crippen LogP) is 3.29. The van der Waals surface area contributed by atoms with Crippen molar-refractivity contribution in [2.24, 2.45) is 0 Å². The van der Waals surface area contributed by atoms with Crippen LogP contribution in [0.2, 0.25) is 0 Å². The summed E-state index contributed by atoms with van der Waals surface area (Å²) >= 11 is 0. The Hall–Kier alpha value is -2.96. The zero-order chi connectivity index (χ0) is 17.9. The molecule has 0 saturated heterocycles. The molecule has 1 amide bonds. The summed E-state index contributed by atoms with van der Waals surface area (Å²) in [5.74, 6) is 0.350. The highest BCUT2D eigenvalue weighted by Crippen LogP contribution is 2.33. The highest BCUT2D eigenvalue weighted by Gasteiger charge is 2.22. The van der Waals surface area contributed by atoms with Gasteiger partial charge in [0.05, 0.1) is 24.0 Å². The van der Waals surface area contributed by atoms with E-state index in [4.69, 9.17) is 9.62 Å². The van der Waals surface area contributed by atoms with E-state index >= 15 is 0 Å². The summed E-state index contributed by atoms with van der Waals surface area (Å²) in [6.07, 6.45) is 8.33. The Kier molecular flexibility index (Phi) is 4.51. The summed E-state index contributed by atoms with van der Waals surface area (Å²) in [4.78, 5) is 16.3. The molecule has 0 spiro atoms. The standard InChI is InChI=1S/C19H21N5O2/c1-13-10-17(23-26-13)19(25)21-12-15-11-18(14-6-8-20-9-7-14)24(22-15)16-4-2-3-5-16/h6-11,16H,2-5,12H2,1H3,(H,21,25). The van der Waals surface area contributed by atoms with Crippen molar-refractivity contribution < 1.29 is 9.32 Å². The first kappa shape index (κ1) is 16.5. The molecule has 0 unspecified atom stereocenters. The zero-order valence-corrected chi connectivity index (χ0v) is 14.7. The minimum Gasteiger partial charge on any atom is -0.361 e. The van der Waals surface area contributed by atoms with Gasteiger partial charge in [0.25, 0.3) is 5.91 Å². The monoisotopic (exact) mass is 351 g/mol. The second kappa shape index (κ2) is 7.11. The number of pyridine rings is 1. The first-order chi connectivity index (χ1) is 12.7. The lowest BCUT2D eigenvalue weighted by molar-refractivity contribution is 0.0941. The largest absolute Gasteiger partial charge is 0.361 e. The molecular formula is C19H21N5O2. The molecule has 26 heavy (non-hydrogen) atoms. The Morgan fingerprint density at radius 1 is 1.27 bits per heavy atom. The maximum atomic E-state index is 12.2. The van der Waals surface area contributed by atoms with Crippen molar-refractivity contribution in [3.05, 3.63) is 53.8 Å². The molecule has 0 bridgehead atoms. The molecule has 0 radical (unpaired) electrons. The molecule has 3 heterocycles. The van der Waals surface area contributed by atoms with Crippen LogP contribution in [0.1, 0.15) is 53.7 Å². The number of carbonyl (C=O) groups is 1. The first-order valence-electron chi connectivity index (χ1n) is 8.91. The van der Waals surface area contributed by atoms with Crippen LogP contribution in [0.15, 0.2) is 41.2 Å². The van der Waals surface area contributed by atoms with Crippen molar-refractivity contribution in [1.29, 1.82) is 0 Å². The summed E-state index contributed by atoms with van der Waals surface area (Å²) in [6.45, 7) is 2.11. The number of hydrogen-bond acceptors (Lipinski definition) is 5. The number of carbonyl (C=O) groups excluding carboxylic acids is 1. The normalized spacial score (nSPS) is 14.7. The van der Waals surface area contributed by atoms with Crippen LogP contribution >= 0.6 is 0 Å². The quantitative estimate of drug-likeness (QED) is 0.762. The molecule has 1 N–H and O–H groups in total. The van der Waals surface area contributed by atoms with Crippen molar-refractivity contribution in [3.8, 4) is 11.3 Å². The summed E-state index contributed by atoms with van der Waals surface area (Å²) < 4.78 is 7.06. The van der Waals surface area contributed by atoms with E-state index in [0.717, 1.165) is 29.8 Å². The van der Waals surface area contributed by atoms with Crippen LogP contribution in [0.3, 0.4) is 0 Å². The molecule has 1 aliphatic rings. The fraction of sp³-hybridized carbons (Fsp3) is 0.368. The number of hydrogen-bond donors (Lipinski definition) is 1. The Labute approximate surface area is 151 Å². The molecule has 1 fully saturated rings. The minimum absolute atomic E-state index is 0.261. The second-order valence-electron chi connectivity index (χ2n) is 6.65. The third kappa shape index (κ3) is 3.37. The SMILES string of the molecule is Cc1cc(C(=O)NCc2cc(-c3ccncc3)n(C3CCCC3)n2)no1. The van der Waals surface area contributed by atoms with Gasteiger partial charge in [-0.05, 0) is 38.0 Å². The van der Waals surface area contributed by atoms with Crippen molar-refractivity contribution >= 4 is 5.91 Å². The van der Waals surface area contributed by atoms with Gasteiger partial charge < -0.3 is 9.84 Å². The number of nitrogens with zero attached hydrogens (tertiary/aromatic N) is 4. The maximum absolute atomic E-state index is 12.2. The van der Waals surface area contributed by atoms with Crippen LogP contribution in [-0.2, 0) is 6.54 Å². The third-order valence-corrected chi connectivity index (χ3v) is 4.72. The van der Waals surface area contributed by atoms with Crippen molar-refractivity contribution in [2.75, 3.05) is 0 Å².